The first-order chi connectivity index (χ1) is 6.54. The molecule has 0 spiro atoms. The molecule has 0 aromatic heterocycles. The van der Waals surface area contributed by atoms with Crippen LogP contribution in [0.25, 0.3) is 0 Å². The first-order valence-electron chi connectivity index (χ1n) is 3.68. The Labute approximate surface area is 94.9 Å². The lowest BCUT2D eigenvalue weighted by molar-refractivity contribution is -0.136. The summed E-state index contributed by atoms with van der Waals surface area (Å²) in [5.41, 5.74) is 0.969. The van der Waals surface area contributed by atoms with Crippen LogP contribution in [0, 0.1) is 11.3 Å². The molecular weight excluding hydrogens is 266 g/mol. The van der Waals surface area contributed by atoms with E-state index in [1.807, 2.05) is 6.07 Å². The zero-order valence-corrected chi connectivity index (χ0v) is 9.47. The number of halogens is 1. The summed E-state index contributed by atoms with van der Waals surface area (Å²) >= 11 is 7.32. The summed E-state index contributed by atoms with van der Waals surface area (Å²) in [4.78, 5) is 11.0. The van der Waals surface area contributed by atoms with Crippen molar-refractivity contribution in [2.24, 2.45) is 0 Å². The largest absolute Gasteiger partial charge is 0.481 e. The fraction of sp³-hybridized carbons (Fsp3) is 0.111. The van der Waals surface area contributed by atoms with Crippen LogP contribution in [0.4, 0.5) is 0 Å². The van der Waals surface area contributed by atoms with Crippen molar-refractivity contribution in [1.82, 2.24) is 0 Å². The maximum absolute atomic E-state index is 10.4. The summed E-state index contributed by atoms with van der Waals surface area (Å²) in [6, 6.07) is 5.13. The van der Waals surface area contributed by atoms with Gasteiger partial charge in [-0.15, -0.1) is 12.6 Å². The normalized spacial score (nSPS) is 9.50. The van der Waals surface area contributed by atoms with Gasteiger partial charge in [0.15, 0.2) is 0 Å². The summed E-state index contributed by atoms with van der Waals surface area (Å²) in [6.45, 7) is 0. The number of hydrogen-bond donors (Lipinski definition) is 2. The highest BCUT2D eigenvalue weighted by molar-refractivity contribution is 9.10. The Balaban J connectivity index is 3.18. The van der Waals surface area contributed by atoms with E-state index in [1.165, 1.54) is 6.07 Å². The van der Waals surface area contributed by atoms with Gasteiger partial charge in [-0.05, 0) is 33.6 Å². The van der Waals surface area contributed by atoms with Crippen molar-refractivity contribution >= 4 is 34.5 Å². The minimum atomic E-state index is -0.927. The number of thiol groups is 1. The van der Waals surface area contributed by atoms with Crippen molar-refractivity contribution in [3.05, 3.63) is 27.7 Å². The molecule has 3 nitrogen and oxygen atoms in total. The van der Waals surface area contributed by atoms with E-state index in [2.05, 4.69) is 28.6 Å². The SMILES string of the molecule is N#Cc1cc(CC(=O)O)cc(S)c1Br. The average molecular weight is 272 g/mol. The number of nitriles is 1. The lowest BCUT2D eigenvalue weighted by atomic mass is 10.1. The molecule has 0 aliphatic carbocycles. The minimum absolute atomic E-state index is 0.102. The van der Waals surface area contributed by atoms with Gasteiger partial charge in [0.25, 0.3) is 0 Å². The van der Waals surface area contributed by atoms with Crippen LogP contribution in [0.3, 0.4) is 0 Å². The molecule has 72 valence electrons. The number of carboxylic acid groups (broad SMARTS) is 1. The Kier molecular flexibility index (Phi) is 3.55. The standard InChI is InChI=1S/C9H6BrNO2S/c10-9-6(4-11)1-5(2-7(9)14)3-8(12)13/h1-2,14H,3H2,(H,12,13). The van der Waals surface area contributed by atoms with Crippen molar-refractivity contribution in [3.63, 3.8) is 0 Å². The monoisotopic (exact) mass is 271 g/mol. The molecule has 1 aromatic carbocycles. The zero-order chi connectivity index (χ0) is 10.7. The third kappa shape index (κ3) is 2.50. The van der Waals surface area contributed by atoms with Gasteiger partial charge in [0.1, 0.15) is 6.07 Å². The van der Waals surface area contributed by atoms with Gasteiger partial charge in [-0.3, -0.25) is 4.79 Å². The van der Waals surface area contributed by atoms with Crippen LogP contribution in [0.5, 0.6) is 0 Å². The molecule has 1 rings (SSSR count). The van der Waals surface area contributed by atoms with E-state index in [9.17, 15) is 4.79 Å². The number of carbonyl (C=O) groups is 1. The van der Waals surface area contributed by atoms with Crippen molar-refractivity contribution in [1.29, 1.82) is 5.26 Å². The molecule has 14 heavy (non-hydrogen) atoms. The molecule has 0 atom stereocenters. The highest BCUT2D eigenvalue weighted by Gasteiger charge is 2.08. The van der Waals surface area contributed by atoms with E-state index in [0.29, 0.717) is 20.5 Å². The summed E-state index contributed by atoms with van der Waals surface area (Å²) in [6.07, 6.45) is -0.102. The van der Waals surface area contributed by atoms with E-state index < -0.39 is 5.97 Å². The Morgan fingerprint density at radius 1 is 1.64 bits per heavy atom. The van der Waals surface area contributed by atoms with Gasteiger partial charge in [-0.1, -0.05) is 0 Å². The van der Waals surface area contributed by atoms with E-state index in [-0.39, 0.29) is 6.42 Å². The van der Waals surface area contributed by atoms with Gasteiger partial charge >= 0.3 is 5.97 Å². The minimum Gasteiger partial charge on any atom is -0.481 e. The molecule has 0 heterocycles. The van der Waals surface area contributed by atoms with Crippen molar-refractivity contribution in [3.8, 4) is 6.07 Å². The van der Waals surface area contributed by atoms with Gasteiger partial charge in [-0.25, -0.2) is 0 Å². The predicted molar refractivity (Wildman–Crippen MR) is 57.4 cm³/mol. The maximum atomic E-state index is 10.4. The highest BCUT2D eigenvalue weighted by Crippen LogP contribution is 2.26. The molecule has 0 bridgehead atoms. The second kappa shape index (κ2) is 4.49. The van der Waals surface area contributed by atoms with E-state index in [1.54, 1.807) is 6.07 Å². The topological polar surface area (TPSA) is 61.1 Å². The van der Waals surface area contributed by atoms with Crippen LogP contribution >= 0.6 is 28.6 Å². The predicted octanol–water partition coefficient (Wildman–Crippen LogP) is 2.24. The third-order valence-corrected chi connectivity index (χ3v) is 3.10. The molecule has 5 heteroatoms. The number of rotatable bonds is 2. The van der Waals surface area contributed by atoms with Crippen LogP contribution in [0.2, 0.25) is 0 Å². The molecule has 0 fully saturated rings. The number of nitrogens with zero attached hydrogens (tertiary/aromatic N) is 1. The lowest BCUT2D eigenvalue weighted by Gasteiger charge is -2.03. The molecular formula is C9H6BrNO2S. The first kappa shape index (κ1) is 11.1. The lowest BCUT2D eigenvalue weighted by Crippen LogP contribution is -2.00. The first-order valence-corrected chi connectivity index (χ1v) is 4.92. The van der Waals surface area contributed by atoms with Crippen molar-refractivity contribution in [2.75, 3.05) is 0 Å². The van der Waals surface area contributed by atoms with Crippen LogP contribution in [-0.4, -0.2) is 11.1 Å². The zero-order valence-electron chi connectivity index (χ0n) is 6.99. The smallest absolute Gasteiger partial charge is 0.307 e. The van der Waals surface area contributed by atoms with E-state index >= 15 is 0 Å². The van der Waals surface area contributed by atoms with Crippen LogP contribution < -0.4 is 0 Å². The highest BCUT2D eigenvalue weighted by atomic mass is 79.9. The second-order valence-electron chi connectivity index (χ2n) is 2.66. The molecule has 0 aliphatic rings. The molecule has 0 aliphatic heterocycles. The van der Waals surface area contributed by atoms with Crippen LogP contribution in [0.1, 0.15) is 11.1 Å². The second-order valence-corrected chi connectivity index (χ2v) is 3.93. The summed E-state index contributed by atoms with van der Waals surface area (Å²) in [7, 11) is 0. The maximum Gasteiger partial charge on any atom is 0.307 e. The average Bonchev–Trinajstić information content (AvgIpc) is 2.10. The number of hydrogen-bond acceptors (Lipinski definition) is 3. The summed E-state index contributed by atoms with van der Waals surface area (Å²) < 4.78 is 0.595. The van der Waals surface area contributed by atoms with Gasteiger partial charge in [0.05, 0.1) is 12.0 Å². The van der Waals surface area contributed by atoms with Gasteiger partial charge in [0.2, 0.25) is 0 Å². The Morgan fingerprint density at radius 2 is 2.29 bits per heavy atom. The van der Waals surface area contributed by atoms with E-state index in [0.717, 1.165) is 0 Å². The number of benzene rings is 1. The van der Waals surface area contributed by atoms with Crippen LogP contribution in [-0.2, 0) is 11.2 Å². The molecule has 0 saturated heterocycles. The van der Waals surface area contributed by atoms with Gasteiger partial charge < -0.3 is 5.11 Å². The summed E-state index contributed by atoms with van der Waals surface area (Å²) in [5.74, 6) is -0.927. The molecule has 0 amide bonds. The van der Waals surface area contributed by atoms with Crippen molar-refractivity contribution < 1.29 is 9.90 Å². The van der Waals surface area contributed by atoms with Crippen LogP contribution in [0.15, 0.2) is 21.5 Å². The molecule has 1 N–H and O–H groups in total. The quantitative estimate of drug-likeness (QED) is 0.811. The molecule has 0 radical (unpaired) electrons. The Hall–Kier alpha value is -0.990. The Morgan fingerprint density at radius 3 is 2.79 bits per heavy atom. The van der Waals surface area contributed by atoms with Gasteiger partial charge in [0, 0.05) is 9.37 Å². The van der Waals surface area contributed by atoms with Gasteiger partial charge in [-0.2, -0.15) is 5.26 Å². The fourth-order valence-electron chi connectivity index (χ4n) is 1.03. The van der Waals surface area contributed by atoms with Crippen molar-refractivity contribution in [2.45, 2.75) is 11.3 Å². The molecule has 1 aromatic rings. The fourth-order valence-corrected chi connectivity index (χ4v) is 1.63. The molecule has 0 unspecified atom stereocenters. The van der Waals surface area contributed by atoms with E-state index in [4.69, 9.17) is 10.4 Å². The summed E-state index contributed by atoms with van der Waals surface area (Å²) in [5, 5.41) is 17.3. The molecule has 0 saturated carbocycles. The Bertz CT molecular complexity index is 426. The number of aliphatic carboxylic acids is 1. The number of carboxylic acids is 1. The third-order valence-electron chi connectivity index (χ3n) is 1.59.